The van der Waals surface area contributed by atoms with Crippen LogP contribution in [0.15, 0.2) is 48.5 Å². The maximum absolute atomic E-state index is 12.7. The van der Waals surface area contributed by atoms with E-state index in [0.29, 0.717) is 46.8 Å². The summed E-state index contributed by atoms with van der Waals surface area (Å²) in [5.74, 6) is -0.296. The first kappa shape index (κ1) is 20.2. The average Bonchev–Trinajstić information content (AvgIpc) is 3.22. The Balaban J connectivity index is 1.38. The fourth-order valence-corrected chi connectivity index (χ4v) is 4.56. The highest BCUT2D eigenvalue weighted by Crippen LogP contribution is 2.33. The number of piperidine rings is 1. The number of amides is 1. The van der Waals surface area contributed by atoms with Crippen molar-refractivity contribution in [3.8, 4) is 10.6 Å². The second-order valence-electron chi connectivity index (χ2n) is 6.89. The van der Waals surface area contributed by atoms with Crippen LogP contribution in [0.2, 0.25) is 5.02 Å². The quantitative estimate of drug-likeness (QED) is 0.456. The number of carbonyl (C=O) groups is 1. The van der Waals surface area contributed by atoms with E-state index in [2.05, 4.69) is 15.5 Å². The lowest BCUT2D eigenvalue weighted by molar-refractivity contribution is -0.384. The van der Waals surface area contributed by atoms with E-state index in [4.69, 9.17) is 11.6 Å². The summed E-state index contributed by atoms with van der Waals surface area (Å²) in [4.78, 5) is 25.5. The zero-order valence-corrected chi connectivity index (χ0v) is 17.4. The molecular formula is C20H18ClN5O3S. The third-order valence-electron chi connectivity index (χ3n) is 5.04. The number of hydrogen-bond donors (Lipinski definition) is 1. The molecule has 0 aliphatic carbocycles. The first-order valence-electron chi connectivity index (χ1n) is 9.40. The first-order valence-corrected chi connectivity index (χ1v) is 10.6. The van der Waals surface area contributed by atoms with E-state index in [1.807, 2.05) is 23.1 Å². The minimum absolute atomic E-state index is 0.0846. The molecule has 2 heterocycles. The van der Waals surface area contributed by atoms with Crippen LogP contribution < -0.4 is 10.2 Å². The molecule has 1 aliphatic rings. The Morgan fingerprint density at radius 1 is 1.13 bits per heavy atom. The third-order valence-corrected chi connectivity index (χ3v) is 6.25. The molecule has 0 radical (unpaired) electrons. The van der Waals surface area contributed by atoms with E-state index in [0.717, 1.165) is 5.56 Å². The van der Waals surface area contributed by atoms with Gasteiger partial charge in [-0.1, -0.05) is 53.3 Å². The van der Waals surface area contributed by atoms with Gasteiger partial charge in [0.15, 0.2) is 5.01 Å². The average molecular weight is 444 g/mol. The van der Waals surface area contributed by atoms with Crippen molar-refractivity contribution in [2.24, 2.45) is 5.92 Å². The van der Waals surface area contributed by atoms with E-state index in [1.54, 1.807) is 24.3 Å². The lowest BCUT2D eigenvalue weighted by Gasteiger charge is -2.32. The Morgan fingerprint density at radius 2 is 1.83 bits per heavy atom. The molecule has 1 aliphatic heterocycles. The van der Waals surface area contributed by atoms with Crippen LogP contribution in [0.1, 0.15) is 12.8 Å². The smallest absolute Gasteiger partial charge is 0.292 e. The lowest BCUT2D eigenvalue weighted by Crippen LogP contribution is -2.38. The highest BCUT2D eigenvalue weighted by Gasteiger charge is 2.28. The van der Waals surface area contributed by atoms with E-state index in [9.17, 15) is 14.9 Å². The molecule has 10 heteroatoms. The molecule has 154 valence electrons. The highest BCUT2D eigenvalue weighted by atomic mass is 35.5. The van der Waals surface area contributed by atoms with Gasteiger partial charge in [0, 0.05) is 30.6 Å². The van der Waals surface area contributed by atoms with Crippen molar-refractivity contribution in [1.29, 1.82) is 0 Å². The molecule has 0 saturated carbocycles. The number of carbonyl (C=O) groups excluding carboxylic acids is 1. The van der Waals surface area contributed by atoms with Crippen LogP contribution in [0, 0.1) is 16.0 Å². The van der Waals surface area contributed by atoms with Crippen molar-refractivity contribution in [2.75, 3.05) is 23.3 Å². The van der Waals surface area contributed by atoms with Crippen LogP contribution in [0.4, 0.5) is 16.5 Å². The zero-order chi connectivity index (χ0) is 21.1. The van der Waals surface area contributed by atoms with Gasteiger partial charge < -0.3 is 10.2 Å². The summed E-state index contributed by atoms with van der Waals surface area (Å²) in [6, 6.07) is 14.0. The van der Waals surface area contributed by atoms with Gasteiger partial charge in [-0.3, -0.25) is 14.9 Å². The Morgan fingerprint density at radius 3 is 2.57 bits per heavy atom. The highest BCUT2D eigenvalue weighted by molar-refractivity contribution is 7.18. The molecule has 0 unspecified atom stereocenters. The fourth-order valence-electron chi connectivity index (χ4n) is 3.49. The molecule has 2 aromatic carbocycles. The number of rotatable bonds is 5. The van der Waals surface area contributed by atoms with Gasteiger partial charge in [0.25, 0.3) is 5.69 Å². The van der Waals surface area contributed by atoms with Gasteiger partial charge in [-0.05, 0) is 25.0 Å². The van der Waals surface area contributed by atoms with Gasteiger partial charge in [0.05, 0.1) is 9.95 Å². The molecule has 1 saturated heterocycles. The first-order chi connectivity index (χ1) is 14.5. The number of para-hydroxylation sites is 2. The van der Waals surface area contributed by atoms with Crippen molar-refractivity contribution in [1.82, 2.24) is 10.2 Å². The number of aromatic nitrogens is 2. The van der Waals surface area contributed by atoms with Gasteiger partial charge in [-0.25, -0.2) is 0 Å². The van der Waals surface area contributed by atoms with Crippen molar-refractivity contribution < 1.29 is 9.72 Å². The molecule has 30 heavy (non-hydrogen) atoms. The van der Waals surface area contributed by atoms with E-state index in [1.165, 1.54) is 17.4 Å². The Labute approximate surface area is 181 Å². The molecule has 0 bridgehead atoms. The molecule has 0 spiro atoms. The number of nitro benzene ring substituents is 1. The monoisotopic (exact) mass is 443 g/mol. The predicted octanol–water partition coefficient (Wildman–Crippen LogP) is 4.62. The maximum Gasteiger partial charge on any atom is 0.292 e. The molecule has 1 aromatic heterocycles. The largest absolute Gasteiger partial charge is 0.366 e. The normalized spacial score (nSPS) is 14.5. The van der Waals surface area contributed by atoms with Crippen molar-refractivity contribution in [3.05, 3.63) is 63.7 Å². The Hall–Kier alpha value is -3.04. The van der Waals surface area contributed by atoms with E-state index < -0.39 is 0 Å². The standard InChI is InChI=1S/C20H18ClN5O3S/c21-15-6-2-1-5-14(15)19-23-24-20(30-19)22-18(27)13-9-11-25(12-10-13)16-7-3-4-8-17(16)26(28)29/h1-8,13H,9-12H2,(H,22,24,27). The molecule has 1 N–H and O–H groups in total. The summed E-state index contributed by atoms with van der Waals surface area (Å²) in [7, 11) is 0. The summed E-state index contributed by atoms with van der Waals surface area (Å²) in [6.07, 6.45) is 1.21. The van der Waals surface area contributed by atoms with Crippen LogP contribution in [0.25, 0.3) is 10.6 Å². The van der Waals surface area contributed by atoms with Gasteiger partial charge in [-0.15, -0.1) is 10.2 Å². The van der Waals surface area contributed by atoms with E-state index >= 15 is 0 Å². The molecule has 1 amide bonds. The molecule has 3 aromatic rings. The second-order valence-corrected chi connectivity index (χ2v) is 8.27. The van der Waals surface area contributed by atoms with Gasteiger partial charge >= 0.3 is 0 Å². The molecule has 0 atom stereocenters. The van der Waals surface area contributed by atoms with Crippen LogP contribution in [-0.4, -0.2) is 34.1 Å². The lowest BCUT2D eigenvalue weighted by atomic mass is 9.95. The molecule has 4 rings (SSSR count). The van der Waals surface area contributed by atoms with Crippen molar-refractivity contribution in [2.45, 2.75) is 12.8 Å². The molecule has 8 nitrogen and oxygen atoms in total. The fraction of sp³-hybridized carbons (Fsp3) is 0.250. The number of nitrogens with zero attached hydrogens (tertiary/aromatic N) is 4. The van der Waals surface area contributed by atoms with Gasteiger partial charge in [0.2, 0.25) is 11.0 Å². The van der Waals surface area contributed by atoms with Crippen molar-refractivity contribution in [3.63, 3.8) is 0 Å². The summed E-state index contributed by atoms with van der Waals surface area (Å²) >= 11 is 7.47. The number of nitro groups is 1. The number of benzene rings is 2. The minimum atomic E-state index is -0.375. The summed E-state index contributed by atoms with van der Waals surface area (Å²) in [5, 5.41) is 23.9. The molecule has 1 fully saturated rings. The number of nitrogens with one attached hydrogen (secondary N) is 1. The summed E-state index contributed by atoms with van der Waals surface area (Å²) in [6.45, 7) is 1.15. The second kappa shape index (κ2) is 8.76. The molecular weight excluding hydrogens is 426 g/mol. The third kappa shape index (κ3) is 4.27. The number of hydrogen-bond acceptors (Lipinski definition) is 7. The van der Waals surface area contributed by atoms with Crippen LogP contribution >= 0.6 is 22.9 Å². The number of halogens is 1. The van der Waals surface area contributed by atoms with E-state index in [-0.39, 0.29) is 22.4 Å². The van der Waals surface area contributed by atoms with Gasteiger partial charge in [-0.2, -0.15) is 0 Å². The van der Waals surface area contributed by atoms with Crippen LogP contribution in [0.5, 0.6) is 0 Å². The predicted molar refractivity (Wildman–Crippen MR) is 117 cm³/mol. The Bertz CT molecular complexity index is 1080. The SMILES string of the molecule is O=C(Nc1nnc(-c2ccccc2Cl)s1)C1CCN(c2ccccc2[N+](=O)[O-])CC1. The summed E-state index contributed by atoms with van der Waals surface area (Å²) < 4.78 is 0. The van der Waals surface area contributed by atoms with Crippen LogP contribution in [-0.2, 0) is 4.79 Å². The topological polar surface area (TPSA) is 101 Å². The number of anilines is 2. The van der Waals surface area contributed by atoms with Gasteiger partial charge in [0.1, 0.15) is 5.69 Å². The Kier molecular flexibility index (Phi) is 5.91. The zero-order valence-electron chi connectivity index (χ0n) is 15.8. The summed E-state index contributed by atoms with van der Waals surface area (Å²) in [5.41, 5.74) is 1.45. The van der Waals surface area contributed by atoms with Crippen LogP contribution in [0.3, 0.4) is 0 Å². The minimum Gasteiger partial charge on any atom is -0.366 e. The maximum atomic E-state index is 12.7. The van der Waals surface area contributed by atoms with Crippen molar-refractivity contribution >= 4 is 45.4 Å².